The zero-order valence-corrected chi connectivity index (χ0v) is 10.6. The summed E-state index contributed by atoms with van der Waals surface area (Å²) >= 11 is 0. The standard InChI is InChI=1S/C12H12FN3O2S/c13-9-4-3-5-10(8-9)16-19(17,18)12-7-2-1-6-11(12)15-14/h1-8,15-16H,14H2. The number of hydrogen-bond acceptors (Lipinski definition) is 4. The predicted molar refractivity (Wildman–Crippen MR) is 71.5 cm³/mol. The highest BCUT2D eigenvalue weighted by molar-refractivity contribution is 7.92. The molecule has 0 atom stereocenters. The number of para-hydroxylation sites is 1. The van der Waals surface area contributed by atoms with Crippen LogP contribution in [0.1, 0.15) is 0 Å². The van der Waals surface area contributed by atoms with E-state index in [1.54, 1.807) is 12.1 Å². The molecule has 0 saturated heterocycles. The number of halogens is 1. The van der Waals surface area contributed by atoms with Gasteiger partial charge >= 0.3 is 0 Å². The van der Waals surface area contributed by atoms with Crippen LogP contribution in [0.4, 0.5) is 15.8 Å². The van der Waals surface area contributed by atoms with Crippen LogP contribution < -0.4 is 16.0 Å². The number of sulfonamides is 1. The maximum atomic E-state index is 13.0. The van der Waals surface area contributed by atoms with E-state index in [1.807, 2.05) is 0 Å². The van der Waals surface area contributed by atoms with Gasteiger partial charge < -0.3 is 5.43 Å². The summed E-state index contributed by atoms with van der Waals surface area (Å²) in [6.07, 6.45) is 0. The van der Waals surface area contributed by atoms with E-state index in [4.69, 9.17) is 5.84 Å². The molecule has 0 radical (unpaired) electrons. The summed E-state index contributed by atoms with van der Waals surface area (Å²) in [7, 11) is -3.83. The Morgan fingerprint density at radius 1 is 1.05 bits per heavy atom. The fraction of sp³-hybridized carbons (Fsp3) is 0. The van der Waals surface area contributed by atoms with Crippen molar-refractivity contribution in [2.75, 3.05) is 10.1 Å². The molecule has 0 amide bonds. The Kier molecular flexibility index (Phi) is 3.68. The van der Waals surface area contributed by atoms with Crippen molar-refractivity contribution in [3.05, 3.63) is 54.3 Å². The molecule has 0 bridgehead atoms. The summed E-state index contributed by atoms with van der Waals surface area (Å²) < 4.78 is 39.6. The highest BCUT2D eigenvalue weighted by Crippen LogP contribution is 2.22. The van der Waals surface area contributed by atoms with E-state index in [2.05, 4.69) is 10.1 Å². The van der Waals surface area contributed by atoms with E-state index in [9.17, 15) is 12.8 Å². The Labute approximate surface area is 110 Å². The fourth-order valence-electron chi connectivity index (χ4n) is 1.58. The second kappa shape index (κ2) is 5.25. The summed E-state index contributed by atoms with van der Waals surface area (Å²) in [5, 5.41) is 0. The maximum Gasteiger partial charge on any atom is 0.264 e. The van der Waals surface area contributed by atoms with Gasteiger partial charge in [0.15, 0.2) is 0 Å². The van der Waals surface area contributed by atoms with Crippen molar-refractivity contribution < 1.29 is 12.8 Å². The van der Waals surface area contributed by atoms with Crippen LogP contribution in [0, 0.1) is 5.82 Å². The maximum absolute atomic E-state index is 13.0. The zero-order valence-electron chi connectivity index (χ0n) is 9.80. The number of anilines is 2. The molecule has 2 rings (SSSR count). The van der Waals surface area contributed by atoms with Gasteiger partial charge in [-0.05, 0) is 30.3 Å². The average molecular weight is 281 g/mol. The van der Waals surface area contributed by atoms with E-state index in [1.165, 1.54) is 30.3 Å². The fourth-order valence-corrected chi connectivity index (χ4v) is 2.80. The van der Waals surface area contributed by atoms with Crippen molar-refractivity contribution in [1.29, 1.82) is 0 Å². The minimum Gasteiger partial charge on any atom is -0.323 e. The van der Waals surface area contributed by atoms with Crippen LogP contribution in [0.5, 0.6) is 0 Å². The van der Waals surface area contributed by atoms with Crippen molar-refractivity contribution >= 4 is 21.4 Å². The lowest BCUT2D eigenvalue weighted by molar-refractivity contribution is 0.601. The highest BCUT2D eigenvalue weighted by Gasteiger charge is 2.18. The number of hydrazine groups is 1. The molecule has 0 heterocycles. The first kappa shape index (κ1) is 13.3. The number of nitrogens with two attached hydrogens (primary N) is 1. The molecule has 2 aromatic rings. The summed E-state index contributed by atoms with van der Waals surface area (Å²) in [6, 6.07) is 11.3. The molecular weight excluding hydrogens is 269 g/mol. The van der Waals surface area contributed by atoms with Crippen LogP contribution in [0.15, 0.2) is 53.4 Å². The molecule has 0 saturated carbocycles. The molecule has 0 aliphatic carbocycles. The summed E-state index contributed by atoms with van der Waals surface area (Å²) in [4.78, 5) is -0.0123. The van der Waals surface area contributed by atoms with Crippen LogP contribution in [0.25, 0.3) is 0 Å². The van der Waals surface area contributed by atoms with Crippen LogP contribution in [0.3, 0.4) is 0 Å². The second-order valence-electron chi connectivity index (χ2n) is 3.76. The lowest BCUT2D eigenvalue weighted by Gasteiger charge is -2.11. The van der Waals surface area contributed by atoms with Gasteiger partial charge in [0.2, 0.25) is 0 Å². The minimum atomic E-state index is -3.83. The molecule has 2 aromatic carbocycles. The number of benzene rings is 2. The minimum absolute atomic E-state index is 0.0123. The predicted octanol–water partition coefficient (Wildman–Crippen LogP) is 1.91. The smallest absolute Gasteiger partial charge is 0.264 e. The van der Waals surface area contributed by atoms with Gasteiger partial charge in [0.1, 0.15) is 10.7 Å². The van der Waals surface area contributed by atoms with Crippen LogP contribution in [-0.4, -0.2) is 8.42 Å². The van der Waals surface area contributed by atoms with Gasteiger partial charge in [-0.15, -0.1) is 0 Å². The van der Waals surface area contributed by atoms with Gasteiger partial charge in [0.05, 0.1) is 11.4 Å². The number of rotatable bonds is 4. The molecule has 4 N–H and O–H groups in total. The SMILES string of the molecule is NNc1ccccc1S(=O)(=O)Nc1cccc(F)c1. The first-order chi connectivity index (χ1) is 9.03. The normalized spacial score (nSPS) is 11.1. The number of nitrogen functional groups attached to an aromatic ring is 1. The molecule has 0 aliphatic rings. The summed E-state index contributed by atoms with van der Waals surface area (Å²) in [6.45, 7) is 0. The van der Waals surface area contributed by atoms with Crippen LogP contribution in [0.2, 0.25) is 0 Å². The largest absolute Gasteiger partial charge is 0.323 e. The van der Waals surface area contributed by atoms with Crippen molar-refractivity contribution in [3.63, 3.8) is 0 Å². The summed E-state index contributed by atoms with van der Waals surface area (Å²) in [5.41, 5.74) is 2.71. The topological polar surface area (TPSA) is 84.2 Å². The average Bonchev–Trinajstić information content (AvgIpc) is 2.38. The van der Waals surface area contributed by atoms with Crippen LogP contribution in [-0.2, 0) is 10.0 Å². The van der Waals surface area contributed by atoms with Gasteiger partial charge in [-0.25, -0.2) is 12.8 Å². The highest BCUT2D eigenvalue weighted by atomic mass is 32.2. The van der Waals surface area contributed by atoms with Crippen molar-refractivity contribution in [1.82, 2.24) is 0 Å². The van der Waals surface area contributed by atoms with Crippen molar-refractivity contribution in [2.45, 2.75) is 4.90 Å². The third kappa shape index (κ3) is 3.01. The second-order valence-corrected chi connectivity index (χ2v) is 5.41. The van der Waals surface area contributed by atoms with Gasteiger partial charge in [0, 0.05) is 0 Å². The molecule has 7 heteroatoms. The van der Waals surface area contributed by atoms with Crippen molar-refractivity contribution in [2.24, 2.45) is 5.84 Å². The first-order valence-electron chi connectivity index (χ1n) is 5.37. The van der Waals surface area contributed by atoms with Gasteiger partial charge in [-0.3, -0.25) is 10.6 Å². The first-order valence-corrected chi connectivity index (χ1v) is 6.85. The van der Waals surface area contributed by atoms with Crippen LogP contribution >= 0.6 is 0 Å². The van der Waals surface area contributed by atoms with Gasteiger partial charge in [-0.1, -0.05) is 18.2 Å². The molecule has 0 fully saturated rings. The molecule has 0 spiro atoms. The Hall–Kier alpha value is -2.12. The lowest BCUT2D eigenvalue weighted by atomic mass is 10.3. The lowest BCUT2D eigenvalue weighted by Crippen LogP contribution is -2.17. The molecule has 0 aromatic heterocycles. The Morgan fingerprint density at radius 3 is 2.47 bits per heavy atom. The van der Waals surface area contributed by atoms with Crippen molar-refractivity contribution in [3.8, 4) is 0 Å². The number of nitrogens with one attached hydrogen (secondary N) is 2. The summed E-state index contributed by atoms with van der Waals surface area (Å²) in [5.74, 6) is 4.74. The molecule has 0 aliphatic heterocycles. The van der Waals surface area contributed by atoms with E-state index in [-0.39, 0.29) is 16.3 Å². The molecule has 19 heavy (non-hydrogen) atoms. The van der Waals surface area contributed by atoms with E-state index < -0.39 is 15.8 Å². The molecule has 100 valence electrons. The molecule has 5 nitrogen and oxygen atoms in total. The molecule has 0 unspecified atom stereocenters. The monoisotopic (exact) mass is 281 g/mol. The van der Waals surface area contributed by atoms with E-state index in [0.29, 0.717) is 0 Å². The quantitative estimate of drug-likeness (QED) is 0.590. The Bertz CT molecular complexity index is 689. The molecular formula is C12H12FN3O2S. The van der Waals surface area contributed by atoms with Gasteiger partial charge in [0.25, 0.3) is 10.0 Å². The third-order valence-electron chi connectivity index (χ3n) is 2.41. The number of hydrogen-bond donors (Lipinski definition) is 3. The van der Waals surface area contributed by atoms with E-state index >= 15 is 0 Å². The van der Waals surface area contributed by atoms with E-state index in [0.717, 1.165) is 6.07 Å². The Morgan fingerprint density at radius 2 is 1.79 bits per heavy atom. The zero-order chi connectivity index (χ0) is 13.9. The Balaban J connectivity index is 2.38. The third-order valence-corrected chi connectivity index (χ3v) is 3.85. The van der Waals surface area contributed by atoms with Gasteiger partial charge in [-0.2, -0.15) is 0 Å².